The summed E-state index contributed by atoms with van der Waals surface area (Å²) in [5.74, 6) is 1.96. The molecule has 0 saturated heterocycles. The number of rotatable bonds is 5. The van der Waals surface area contributed by atoms with Gasteiger partial charge in [0.1, 0.15) is 6.54 Å². The lowest BCUT2D eigenvalue weighted by Gasteiger charge is -2.57. The fourth-order valence-corrected chi connectivity index (χ4v) is 6.72. The molecule has 0 spiro atoms. The minimum atomic E-state index is -3.56. The maximum Gasteiger partial charge on any atom is 0.241 e. The molecule has 4 bridgehead atoms. The molecule has 0 unspecified atom stereocenters. The van der Waals surface area contributed by atoms with Crippen LogP contribution in [-0.4, -0.2) is 32.7 Å². The van der Waals surface area contributed by atoms with E-state index in [1.165, 1.54) is 19.3 Å². The SMILES string of the molecule is CS(=O)(=O)N(CC(=O)NC12CC3CC(CC(C3)C1)C2)c1ccc(Cl)cc1. The Morgan fingerprint density at radius 2 is 1.62 bits per heavy atom. The van der Waals surface area contributed by atoms with E-state index in [1.807, 2.05) is 0 Å². The van der Waals surface area contributed by atoms with E-state index in [0.717, 1.165) is 47.6 Å². The minimum absolute atomic E-state index is 0.116. The van der Waals surface area contributed by atoms with Gasteiger partial charge in [-0.15, -0.1) is 0 Å². The van der Waals surface area contributed by atoms with Crippen molar-refractivity contribution in [1.29, 1.82) is 0 Å². The van der Waals surface area contributed by atoms with Crippen LogP contribution in [0.2, 0.25) is 5.02 Å². The van der Waals surface area contributed by atoms with Gasteiger partial charge in [0, 0.05) is 10.6 Å². The first-order valence-electron chi connectivity index (χ1n) is 9.27. The molecule has 1 aromatic carbocycles. The van der Waals surface area contributed by atoms with E-state index in [1.54, 1.807) is 24.3 Å². The third-order valence-electron chi connectivity index (χ3n) is 6.24. The highest BCUT2D eigenvalue weighted by molar-refractivity contribution is 7.92. The van der Waals surface area contributed by atoms with E-state index < -0.39 is 10.0 Å². The van der Waals surface area contributed by atoms with Crippen molar-refractivity contribution < 1.29 is 13.2 Å². The molecule has 0 heterocycles. The van der Waals surface area contributed by atoms with Crippen molar-refractivity contribution in [2.75, 3.05) is 17.1 Å². The van der Waals surface area contributed by atoms with Crippen LogP contribution in [0.15, 0.2) is 24.3 Å². The third kappa shape index (κ3) is 3.58. The number of hydrogen-bond donors (Lipinski definition) is 1. The van der Waals surface area contributed by atoms with Gasteiger partial charge in [0.15, 0.2) is 0 Å². The summed E-state index contributed by atoms with van der Waals surface area (Å²) in [4.78, 5) is 12.8. The molecular formula is C19H25ClN2O3S. The van der Waals surface area contributed by atoms with Crippen molar-refractivity contribution in [2.45, 2.75) is 44.1 Å². The van der Waals surface area contributed by atoms with Crippen LogP contribution < -0.4 is 9.62 Å². The Hall–Kier alpha value is -1.27. The number of carbonyl (C=O) groups is 1. The Morgan fingerprint density at radius 1 is 1.12 bits per heavy atom. The largest absolute Gasteiger partial charge is 0.349 e. The number of benzene rings is 1. The molecule has 0 atom stereocenters. The standard InChI is InChI=1S/C19H25ClN2O3S/c1-26(24,25)22(17-4-2-16(20)3-5-17)12-18(23)21-19-9-13-6-14(10-19)8-15(7-13)11-19/h2-5,13-15H,6-12H2,1H3,(H,21,23). The lowest BCUT2D eigenvalue weighted by molar-refractivity contribution is -0.125. The number of hydrogen-bond acceptors (Lipinski definition) is 3. The highest BCUT2D eigenvalue weighted by atomic mass is 35.5. The number of halogens is 1. The fourth-order valence-electron chi connectivity index (χ4n) is 5.74. The number of nitrogens with one attached hydrogen (secondary N) is 1. The molecule has 4 aliphatic rings. The quantitative estimate of drug-likeness (QED) is 0.831. The zero-order valence-electron chi connectivity index (χ0n) is 14.9. The van der Waals surface area contributed by atoms with Gasteiger partial charge in [-0.05, 0) is 80.5 Å². The van der Waals surface area contributed by atoms with Gasteiger partial charge in [-0.1, -0.05) is 11.6 Å². The maximum absolute atomic E-state index is 12.8. The third-order valence-corrected chi connectivity index (χ3v) is 7.64. The van der Waals surface area contributed by atoms with Crippen molar-refractivity contribution in [1.82, 2.24) is 5.32 Å². The van der Waals surface area contributed by atoms with Crippen LogP contribution in [0.1, 0.15) is 38.5 Å². The highest BCUT2D eigenvalue weighted by Crippen LogP contribution is 2.55. The molecule has 0 aromatic heterocycles. The number of amides is 1. The molecule has 4 aliphatic carbocycles. The summed E-state index contributed by atoms with van der Waals surface area (Å²) in [5, 5.41) is 3.77. The molecule has 5 nitrogen and oxygen atoms in total. The average Bonchev–Trinajstić information content (AvgIpc) is 2.51. The van der Waals surface area contributed by atoms with Crippen LogP contribution in [0.5, 0.6) is 0 Å². The topological polar surface area (TPSA) is 66.5 Å². The summed E-state index contributed by atoms with van der Waals surface area (Å²) < 4.78 is 25.6. The zero-order valence-corrected chi connectivity index (χ0v) is 16.5. The van der Waals surface area contributed by atoms with Gasteiger partial charge in [-0.25, -0.2) is 8.42 Å². The first kappa shape index (κ1) is 18.1. The smallest absolute Gasteiger partial charge is 0.241 e. The van der Waals surface area contributed by atoms with E-state index in [-0.39, 0.29) is 18.0 Å². The summed E-state index contributed by atoms with van der Waals surface area (Å²) in [6, 6.07) is 6.51. The van der Waals surface area contributed by atoms with Crippen molar-refractivity contribution in [2.24, 2.45) is 17.8 Å². The van der Waals surface area contributed by atoms with Crippen molar-refractivity contribution in [3.8, 4) is 0 Å². The van der Waals surface area contributed by atoms with Crippen LogP contribution in [0.4, 0.5) is 5.69 Å². The number of nitrogens with zero attached hydrogens (tertiary/aromatic N) is 1. The van der Waals surface area contributed by atoms with E-state index in [4.69, 9.17) is 11.6 Å². The normalized spacial score (nSPS) is 32.5. The summed E-state index contributed by atoms with van der Waals surface area (Å²) in [6.07, 6.45) is 8.17. The van der Waals surface area contributed by atoms with Gasteiger partial charge in [0.25, 0.3) is 0 Å². The number of anilines is 1. The van der Waals surface area contributed by atoms with Crippen molar-refractivity contribution >= 4 is 33.2 Å². The zero-order chi connectivity index (χ0) is 18.5. The molecule has 4 saturated carbocycles. The molecule has 7 heteroatoms. The van der Waals surface area contributed by atoms with E-state index in [0.29, 0.717) is 10.7 Å². The molecule has 4 fully saturated rings. The lowest BCUT2D eigenvalue weighted by atomic mass is 9.53. The van der Waals surface area contributed by atoms with Crippen LogP contribution in [-0.2, 0) is 14.8 Å². The molecule has 1 N–H and O–H groups in total. The Labute approximate surface area is 160 Å². The Bertz CT molecular complexity index is 771. The average molecular weight is 397 g/mol. The first-order valence-corrected chi connectivity index (χ1v) is 11.5. The summed E-state index contributed by atoms with van der Waals surface area (Å²) in [7, 11) is -3.56. The monoisotopic (exact) mass is 396 g/mol. The predicted molar refractivity (Wildman–Crippen MR) is 103 cm³/mol. The maximum atomic E-state index is 12.8. The van der Waals surface area contributed by atoms with E-state index in [9.17, 15) is 13.2 Å². The second kappa shape index (κ2) is 6.41. The van der Waals surface area contributed by atoms with Gasteiger partial charge in [-0.3, -0.25) is 9.10 Å². The second-order valence-electron chi connectivity index (χ2n) is 8.49. The lowest BCUT2D eigenvalue weighted by Crippen LogP contribution is -2.61. The molecule has 1 amide bonds. The Kier molecular flexibility index (Phi) is 4.47. The fraction of sp³-hybridized carbons (Fsp3) is 0.632. The summed E-state index contributed by atoms with van der Waals surface area (Å²) >= 11 is 5.89. The van der Waals surface area contributed by atoms with Gasteiger partial charge < -0.3 is 5.32 Å². The van der Waals surface area contributed by atoms with Crippen LogP contribution in [0, 0.1) is 17.8 Å². The van der Waals surface area contributed by atoms with Gasteiger partial charge in [-0.2, -0.15) is 0 Å². The number of carbonyl (C=O) groups excluding carboxylic acids is 1. The second-order valence-corrected chi connectivity index (χ2v) is 10.8. The molecule has 142 valence electrons. The molecular weight excluding hydrogens is 372 g/mol. The Morgan fingerprint density at radius 3 is 2.08 bits per heavy atom. The van der Waals surface area contributed by atoms with Crippen molar-refractivity contribution in [3.05, 3.63) is 29.3 Å². The molecule has 0 aliphatic heterocycles. The van der Waals surface area contributed by atoms with E-state index >= 15 is 0 Å². The van der Waals surface area contributed by atoms with Crippen LogP contribution in [0.3, 0.4) is 0 Å². The highest BCUT2D eigenvalue weighted by Gasteiger charge is 2.51. The van der Waals surface area contributed by atoms with Crippen LogP contribution in [0.25, 0.3) is 0 Å². The summed E-state index contributed by atoms with van der Waals surface area (Å²) in [6.45, 7) is -0.192. The molecule has 5 rings (SSSR count). The van der Waals surface area contributed by atoms with Gasteiger partial charge in [0.05, 0.1) is 11.9 Å². The van der Waals surface area contributed by atoms with Gasteiger partial charge in [0.2, 0.25) is 15.9 Å². The predicted octanol–water partition coefficient (Wildman–Crippen LogP) is 3.19. The van der Waals surface area contributed by atoms with Crippen LogP contribution >= 0.6 is 11.6 Å². The van der Waals surface area contributed by atoms with Crippen molar-refractivity contribution in [3.63, 3.8) is 0 Å². The Balaban J connectivity index is 1.50. The van der Waals surface area contributed by atoms with Gasteiger partial charge >= 0.3 is 0 Å². The van der Waals surface area contributed by atoms with E-state index in [2.05, 4.69) is 5.32 Å². The minimum Gasteiger partial charge on any atom is -0.349 e. The molecule has 0 radical (unpaired) electrons. The first-order chi connectivity index (χ1) is 12.2. The molecule has 1 aromatic rings. The summed E-state index contributed by atoms with van der Waals surface area (Å²) in [5.41, 5.74) is 0.340. The molecule has 26 heavy (non-hydrogen) atoms. The number of sulfonamides is 1.